The summed E-state index contributed by atoms with van der Waals surface area (Å²) in [6.45, 7) is 0.0930. The predicted octanol–water partition coefficient (Wildman–Crippen LogP) is 4.04. The highest BCUT2D eigenvalue weighted by Gasteiger charge is 2.14. The maximum atomic E-state index is 13.2. The first-order valence-electron chi connectivity index (χ1n) is 8.78. The third-order valence-corrected chi connectivity index (χ3v) is 5.50. The number of H-pyrrole nitrogens is 1. The van der Waals surface area contributed by atoms with Crippen LogP contribution in [0.25, 0.3) is 21.0 Å². The van der Waals surface area contributed by atoms with Gasteiger partial charge in [-0.25, -0.2) is 9.18 Å². The van der Waals surface area contributed by atoms with Gasteiger partial charge in [-0.15, -0.1) is 11.3 Å². The number of halogens is 1. The molecule has 0 aliphatic heterocycles. The topological polar surface area (TPSA) is 71.2 Å². The quantitative estimate of drug-likeness (QED) is 0.483. The van der Waals surface area contributed by atoms with Gasteiger partial charge in [0.1, 0.15) is 10.7 Å². The van der Waals surface area contributed by atoms with Crippen molar-refractivity contribution in [2.24, 2.45) is 0 Å². The van der Waals surface area contributed by atoms with Gasteiger partial charge in [0.05, 0.1) is 0 Å². The fourth-order valence-corrected chi connectivity index (χ4v) is 3.98. The lowest BCUT2D eigenvalue weighted by atomic mass is 10.1. The van der Waals surface area contributed by atoms with Crippen LogP contribution in [0.5, 0.6) is 0 Å². The number of thiophene rings is 1. The second-order valence-corrected chi connectivity index (χ2v) is 7.41. The third kappa shape index (κ3) is 3.89. The van der Waals surface area contributed by atoms with Crippen molar-refractivity contribution >= 4 is 44.2 Å². The molecular formula is C21H17FN2O3S. The summed E-state index contributed by atoms with van der Waals surface area (Å²) in [5, 5.41) is 4.52. The Morgan fingerprint density at radius 2 is 2.00 bits per heavy atom. The molecule has 4 rings (SSSR count). The minimum atomic E-state index is -0.589. The van der Waals surface area contributed by atoms with Crippen molar-refractivity contribution < 1.29 is 18.7 Å². The molecule has 2 N–H and O–H groups in total. The van der Waals surface area contributed by atoms with Gasteiger partial charge < -0.3 is 15.0 Å². The fraction of sp³-hybridized carbons (Fsp3) is 0.143. The number of amides is 1. The van der Waals surface area contributed by atoms with Gasteiger partial charge in [-0.2, -0.15) is 0 Å². The van der Waals surface area contributed by atoms with Gasteiger partial charge in [-0.1, -0.05) is 18.2 Å². The maximum Gasteiger partial charge on any atom is 0.348 e. The minimum absolute atomic E-state index is 0.340. The lowest BCUT2D eigenvalue weighted by molar-refractivity contribution is -0.124. The van der Waals surface area contributed by atoms with Gasteiger partial charge in [0.25, 0.3) is 5.91 Å². The molecule has 1 amide bonds. The number of rotatable bonds is 6. The number of hydrogen-bond donors (Lipinski definition) is 2. The summed E-state index contributed by atoms with van der Waals surface area (Å²) in [4.78, 5) is 27.6. The number of hydrogen-bond acceptors (Lipinski definition) is 4. The molecule has 0 fully saturated rings. The van der Waals surface area contributed by atoms with Crippen molar-refractivity contribution in [2.75, 3.05) is 13.2 Å². The SMILES string of the molecule is O=C(COC(=O)c1cc2cc(F)ccc2s1)NCCc1c[nH]c2ccccc12. The van der Waals surface area contributed by atoms with Crippen molar-refractivity contribution in [1.82, 2.24) is 10.3 Å². The summed E-state index contributed by atoms with van der Waals surface area (Å²) >= 11 is 1.21. The van der Waals surface area contributed by atoms with Crippen LogP contribution in [0.3, 0.4) is 0 Å². The van der Waals surface area contributed by atoms with Crippen LogP contribution < -0.4 is 5.32 Å². The van der Waals surface area contributed by atoms with Crippen molar-refractivity contribution in [2.45, 2.75) is 6.42 Å². The molecule has 142 valence electrons. The van der Waals surface area contributed by atoms with Crippen LogP contribution in [0.4, 0.5) is 4.39 Å². The summed E-state index contributed by atoms with van der Waals surface area (Å²) in [6.07, 6.45) is 2.60. The van der Waals surface area contributed by atoms with Gasteiger partial charge in [0.2, 0.25) is 0 Å². The van der Waals surface area contributed by atoms with Crippen LogP contribution in [0.2, 0.25) is 0 Å². The predicted molar refractivity (Wildman–Crippen MR) is 107 cm³/mol. The van der Waals surface area contributed by atoms with E-state index in [4.69, 9.17) is 4.74 Å². The van der Waals surface area contributed by atoms with E-state index in [1.54, 1.807) is 12.1 Å². The lowest BCUT2D eigenvalue weighted by Gasteiger charge is -2.05. The number of aromatic amines is 1. The number of carbonyl (C=O) groups is 2. The van der Waals surface area contributed by atoms with E-state index < -0.39 is 5.97 Å². The van der Waals surface area contributed by atoms with Crippen LogP contribution in [0, 0.1) is 5.82 Å². The normalized spacial score (nSPS) is 11.0. The number of ether oxygens (including phenoxy) is 1. The van der Waals surface area contributed by atoms with Crippen LogP contribution in [-0.2, 0) is 16.0 Å². The zero-order chi connectivity index (χ0) is 19.5. The molecule has 0 bridgehead atoms. The van der Waals surface area contributed by atoms with E-state index >= 15 is 0 Å². The Morgan fingerprint density at radius 1 is 1.14 bits per heavy atom. The van der Waals surface area contributed by atoms with E-state index in [1.165, 1.54) is 23.5 Å². The molecule has 0 radical (unpaired) electrons. The van der Waals surface area contributed by atoms with Crippen LogP contribution in [0.1, 0.15) is 15.2 Å². The zero-order valence-electron chi connectivity index (χ0n) is 14.8. The molecular weight excluding hydrogens is 379 g/mol. The molecule has 2 heterocycles. The molecule has 4 aromatic rings. The van der Waals surface area contributed by atoms with Crippen LogP contribution in [-0.4, -0.2) is 30.0 Å². The van der Waals surface area contributed by atoms with Crippen LogP contribution in [0.15, 0.2) is 54.7 Å². The number of benzene rings is 2. The van der Waals surface area contributed by atoms with E-state index in [2.05, 4.69) is 10.3 Å². The van der Waals surface area contributed by atoms with Crippen LogP contribution >= 0.6 is 11.3 Å². The highest BCUT2D eigenvalue weighted by atomic mass is 32.1. The Balaban J connectivity index is 1.27. The molecule has 0 unspecified atom stereocenters. The van der Waals surface area contributed by atoms with Crippen molar-refractivity contribution in [3.63, 3.8) is 0 Å². The lowest BCUT2D eigenvalue weighted by Crippen LogP contribution is -2.30. The molecule has 2 aromatic carbocycles. The van der Waals surface area contributed by atoms with E-state index in [0.29, 0.717) is 23.2 Å². The van der Waals surface area contributed by atoms with Gasteiger partial charge in [0.15, 0.2) is 6.61 Å². The smallest absolute Gasteiger partial charge is 0.348 e. The van der Waals surface area contributed by atoms with E-state index in [1.807, 2.05) is 30.5 Å². The van der Waals surface area contributed by atoms with Crippen molar-refractivity contribution in [3.8, 4) is 0 Å². The van der Waals surface area contributed by atoms with E-state index in [9.17, 15) is 14.0 Å². The maximum absolute atomic E-state index is 13.2. The van der Waals surface area contributed by atoms with E-state index in [0.717, 1.165) is 21.2 Å². The summed E-state index contributed by atoms with van der Waals surface area (Å²) in [6, 6.07) is 13.9. The standard InChI is InChI=1S/C21H17FN2O3S/c22-15-5-6-18-14(9-15)10-19(28-18)21(26)27-12-20(25)23-8-7-13-11-24-17-4-2-1-3-16(13)17/h1-6,9-11,24H,7-8,12H2,(H,23,25). The number of nitrogens with one attached hydrogen (secondary N) is 2. The molecule has 28 heavy (non-hydrogen) atoms. The second-order valence-electron chi connectivity index (χ2n) is 6.33. The molecule has 0 saturated heterocycles. The second kappa shape index (κ2) is 7.82. The molecule has 7 heteroatoms. The molecule has 0 saturated carbocycles. The summed E-state index contributed by atoms with van der Waals surface area (Å²) in [5.41, 5.74) is 2.17. The number of fused-ring (bicyclic) bond motifs is 2. The van der Waals surface area contributed by atoms with Gasteiger partial charge in [0, 0.05) is 28.3 Å². The fourth-order valence-electron chi connectivity index (χ4n) is 3.04. The Labute approximate surface area is 164 Å². The average Bonchev–Trinajstić information content (AvgIpc) is 3.30. The average molecular weight is 396 g/mol. The summed E-state index contributed by atoms with van der Waals surface area (Å²) < 4.78 is 19.1. The Morgan fingerprint density at radius 3 is 2.89 bits per heavy atom. The summed E-state index contributed by atoms with van der Waals surface area (Å²) in [5.74, 6) is -1.31. The number of aromatic nitrogens is 1. The molecule has 0 atom stereocenters. The Hall–Kier alpha value is -3.19. The zero-order valence-corrected chi connectivity index (χ0v) is 15.6. The first-order chi connectivity index (χ1) is 13.6. The largest absolute Gasteiger partial charge is 0.451 e. The number of esters is 1. The first-order valence-corrected chi connectivity index (χ1v) is 9.60. The van der Waals surface area contributed by atoms with E-state index in [-0.39, 0.29) is 18.3 Å². The highest BCUT2D eigenvalue weighted by Crippen LogP contribution is 2.26. The molecule has 5 nitrogen and oxygen atoms in total. The molecule has 0 spiro atoms. The Bertz CT molecular complexity index is 1160. The molecule has 0 aliphatic rings. The molecule has 0 aliphatic carbocycles. The van der Waals surface area contributed by atoms with Gasteiger partial charge in [-0.05, 0) is 47.7 Å². The third-order valence-electron chi connectivity index (χ3n) is 4.41. The number of para-hydroxylation sites is 1. The monoisotopic (exact) mass is 396 g/mol. The molecule has 2 aromatic heterocycles. The van der Waals surface area contributed by atoms with Crippen molar-refractivity contribution in [3.05, 3.63) is 71.0 Å². The minimum Gasteiger partial charge on any atom is -0.451 e. The van der Waals surface area contributed by atoms with Gasteiger partial charge in [-0.3, -0.25) is 4.79 Å². The van der Waals surface area contributed by atoms with Gasteiger partial charge >= 0.3 is 5.97 Å². The first kappa shape index (κ1) is 18.2. The number of carbonyl (C=O) groups excluding carboxylic acids is 2. The summed E-state index contributed by atoms with van der Waals surface area (Å²) in [7, 11) is 0. The Kier molecular flexibility index (Phi) is 5.08. The highest BCUT2D eigenvalue weighted by molar-refractivity contribution is 7.20. The van der Waals surface area contributed by atoms with Crippen molar-refractivity contribution in [1.29, 1.82) is 0 Å².